The highest BCUT2D eigenvalue weighted by atomic mass is 32.1. The molecule has 5 nitrogen and oxygen atoms in total. The smallest absolute Gasteiger partial charge is 0.261 e. The monoisotopic (exact) mass is 267 g/mol. The molecule has 0 saturated carbocycles. The standard InChI is InChI=1S/C12H17N3O2S/c1-8(2)13-6-4-10-14-15-12(17-10)11-9(16-3)5-7-18-11/h5,7-8,13H,4,6H2,1-3H3. The minimum Gasteiger partial charge on any atom is -0.495 e. The zero-order valence-electron chi connectivity index (χ0n) is 10.8. The van der Waals surface area contributed by atoms with Crippen LogP contribution in [-0.2, 0) is 6.42 Å². The van der Waals surface area contributed by atoms with Gasteiger partial charge in [-0.2, -0.15) is 0 Å². The molecule has 2 heterocycles. The van der Waals surface area contributed by atoms with E-state index in [4.69, 9.17) is 9.15 Å². The molecule has 6 heteroatoms. The van der Waals surface area contributed by atoms with E-state index in [0.29, 0.717) is 17.8 Å². The van der Waals surface area contributed by atoms with Gasteiger partial charge in [-0.15, -0.1) is 21.5 Å². The molecule has 18 heavy (non-hydrogen) atoms. The first-order valence-electron chi connectivity index (χ1n) is 5.88. The minimum absolute atomic E-state index is 0.463. The Morgan fingerprint density at radius 3 is 3.00 bits per heavy atom. The van der Waals surface area contributed by atoms with Crippen LogP contribution >= 0.6 is 11.3 Å². The van der Waals surface area contributed by atoms with Crippen molar-refractivity contribution in [1.29, 1.82) is 0 Å². The molecular formula is C12H17N3O2S. The Balaban J connectivity index is 2.02. The van der Waals surface area contributed by atoms with Gasteiger partial charge in [0.2, 0.25) is 5.89 Å². The maximum atomic E-state index is 5.62. The molecule has 0 bridgehead atoms. The highest BCUT2D eigenvalue weighted by Crippen LogP contribution is 2.34. The number of nitrogens with one attached hydrogen (secondary N) is 1. The van der Waals surface area contributed by atoms with Crippen LogP contribution in [0.5, 0.6) is 5.75 Å². The Morgan fingerprint density at radius 2 is 2.28 bits per heavy atom. The lowest BCUT2D eigenvalue weighted by atomic mass is 10.3. The lowest BCUT2D eigenvalue weighted by Gasteiger charge is -2.04. The SMILES string of the molecule is COc1ccsc1-c1nnc(CCNC(C)C)o1. The van der Waals surface area contributed by atoms with Gasteiger partial charge >= 0.3 is 0 Å². The zero-order valence-corrected chi connectivity index (χ0v) is 11.6. The molecule has 0 radical (unpaired) electrons. The maximum absolute atomic E-state index is 5.62. The molecule has 2 aromatic rings. The van der Waals surface area contributed by atoms with Gasteiger partial charge in [-0.25, -0.2) is 0 Å². The highest BCUT2D eigenvalue weighted by Gasteiger charge is 2.14. The van der Waals surface area contributed by atoms with Crippen molar-refractivity contribution >= 4 is 11.3 Å². The Bertz CT molecular complexity index is 493. The number of rotatable bonds is 6. The van der Waals surface area contributed by atoms with Crippen LogP contribution in [0.15, 0.2) is 15.9 Å². The van der Waals surface area contributed by atoms with E-state index in [1.165, 1.54) is 11.3 Å². The van der Waals surface area contributed by atoms with E-state index in [9.17, 15) is 0 Å². The molecule has 0 aromatic carbocycles. The van der Waals surface area contributed by atoms with Crippen LogP contribution < -0.4 is 10.1 Å². The normalized spacial score (nSPS) is 11.1. The first kappa shape index (κ1) is 13.0. The summed E-state index contributed by atoms with van der Waals surface area (Å²) >= 11 is 1.53. The van der Waals surface area contributed by atoms with E-state index in [0.717, 1.165) is 23.6 Å². The summed E-state index contributed by atoms with van der Waals surface area (Å²) in [6.45, 7) is 5.05. The molecule has 98 valence electrons. The molecule has 0 fully saturated rings. The van der Waals surface area contributed by atoms with Crippen molar-refractivity contribution in [2.75, 3.05) is 13.7 Å². The quantitative estimate of drug-likeness (QED) is 0.870. The summed E-state index contributed by atoms with van der Waals surface area (Å²) in [5.74, 6) is 1.95. The maximum Gasteiger partial charge on any atom is 0.261 e. The van der Waals surface area contributed by atoms with Crippen molar-refractivity contribution in [2.45, 2.75) is 26.3 Å². The summed E-state index contributed by atoms with van der Waals surface area (Å²) in [7, 11) is 1.63. The van der Waals surface area contributed by atoms with Gasteiger partial charge in [-0.05, 0) is 11.4 Å². The summed E-state index contributed by atoms with van der Waals surface area (Å²) in [4.78, 5) is 0.882. The Labute approximate surface area is 110 Å². The van der Waals surface area contributed by atoms with E-state index >= 15 is 0 Å². The Morgan fingerprint density at radius 1 is 1.44 bits per heavy atom. The second-order valence-electron chi connectivity index (χ2n) is 4.18. The van der Waals surface area contributed by atoms with E-state index < -0.39 is 0 Å². The molecule has 0 spiro atoms. The summed E-state index contributed by atoms with van der Waals surface area (Å²) < 4.78 is 10.9. The molecule has 0 atom stereocenters. The molecule has 2 aromatic heterocycles. The third-order valence-corrected chi connectivity index (χ3v) is 3.29. The van der Waals surface area contributed by atoms with Gasteiger partial charge in [-0.1, -0.05) is 13.8 Å². The minimum atomic E-state index is 0.463. The average Bonchev–Trinajstić information content (AvgIpc) is 2.95. The number of aromatic nitrogens is 2. The van der Waals surface area contributed by atoms with Crippen LogP contribution in [0.25, 0.3) is 10.8 Å². The van der Waals surface area contributed by atoms with E-state index in [-0.39, 0.29) is 0 Å². The van der Waals surface area contributed by atoms with E-state index in [1.54, 1.807) is 7.11 Å². The first-order chi connectivity index (χ1) is 8.70. The number of nitrogens with zero attached hydrogens (tertiary/aromatic N) is 2. The van der Waals surface area contributed by atoms with Gasteiger partial charge in [0.1, 0.15) is 10.6 Å². The lowest BCUT2D eigenvalue weighted by molar-refractivity contribution is 0.415. The summed E-state index contributed by atoms with van der Waals surface area (Å²) in [5.41, 5.74) is 0. The van der Waals surface area contributed by atoms with Gasteiger partial charge in [0.15, 0.2) is 0 Å². The van der Waals surface area contributed by atoms with Crippen LogP contribution in [0.2, 0.25) is 0 Å². The van der Waals surface area contributed by atoms with Crippen molar-refractivity contribution in [3.8, 4) is 16.5 Å². The van der Waals surface area contributed by atoms with Gasteiger partial charge in [0.25, 0.3) is 5.89 Å². The predicted octanol–water partition coefficient (Wildman–Crippen LogP) is 2.35. The predicted molar refractivity (Wildman–Crippen MR) is 71.0 cm³/mol. The number of ether oxygens (including phenoxy) is 1. The zero-order chi connectivity index (χ0) is 13.0. The fourth-order valence-electron chi connectivity index (χ4n) is 1.53. The topological polar surface area (TPSA) is 60.2 Å². The number of hydrogen-bond donors (Lipinski definition) is 1. The van der Waals surface area contributed by atoms with Gasteiger partial charge in [-0.3, -0.25) is 0 Å². The van der Waals surface area contributed by atoms with Gasteiger partial charge in [0.05, 0.1) is 7.11 Å². The molecule has 2 rings (SSSR count). The van der Waals surface area contributed by atoms with Crippen LogP contribution in [-0.4, -0.2) is 29.9 Å². The Kier molecular flexibility index (Phi) is 4.33. The van der Waals surface area contributed by atoms with Gasteiger partial charge < -0.3 is 14.5 Å². The van der Waals surface area contributed by atoms with Crippen molar-refractivity contribution in [2.24, 2.45) is 0 Å². The second kappa shape index (κ2) is 5.97. The second-order valence-corrected chi connectivity index (χ2v) is 5.09. The van der Waals surface area contributed by atoms with Crippen LogP contribution in [0, 0.1) is 0 Å². The van der Waals surface area contributed by atoms with Crippen LogP contribution in [0.4, 0.5) is 0 Å². The lowest BCUT2D eigenvalue weighted by Crippen LogP contribution is -2.25. The fourth-order valence-corrected chi connectivity index (χ4v) is 2.31. The fraction of sp³-hybridized carbons (Fsp3) is 0.500. The average molecular weight is 267 g/mol. The van der Waals surface area contributed by atoms with E-state index in [2.05, 4.69) is 29.4 Å². The molecule has 0 amide bonds. The molecule has 1 N–H and O–H groups in total. The van der Waals surface area contributed by atoms with Crippen molar-refractivity contribution < 1.29 is 9.15 Å². The van der Waals surface area contributed by atoms with Crippen LogP contribution in [0.3, 0.4) is 0 Å². The van der Waals surface area contributed by atoms with Crippen molar-refractivity contribution in [3.63, 3.8) is 0 Å². The van der Waals surface area contributed by atoms with E-state index in [1.807, 2.05) is 11.4 Å². The highest BCUT2D eigenvalue weighted by molar-refractivity contribution is 7.13. The van der Waals surface area contributed by atoms with Crippen molar-refractivity contribution in [1.82, 2.24) is 15.5 Å². The van der Waals surface area contributed by atoms with Crippen LogP contribution in [0.1, 0.15) is 19.7 Å². The number of methoxy groups -OCH3 is 1. The third kappa shape index (κ3) is 3.08. The summed E-state index contributed by atoms with van der Waals surface area (Å²) in [6, 6.07) is 2.36. The molecule has 0 aliphatic rings. The molecular weight excluding hydrogens is 250 g/mol. The Hall–Kier alpha value is -1.40. The third-order valence-electron chi connectivity index (χ3n) is 2.40. The molecule has 0 unspecified atom stereocenters. The molecule has 0 saturated heterocycles. The van der Waals surface area contributed by atoms with Crippen molar-refractivity contribution in [3.05, 3.63) is 17.3 Å². The molecule has 0 aliphatic carbocycles. The molecule has 0 aliphatic heterocycles. The number of thiophene rings is 1. The summed E-state index contributed by atoms with van der Waals surface area (Å²) in [6.07, 6.45) is 0.735. The number of hydrogen-bond acceptors (Lipinski definition) is 6. The largest absolute Gasteiger partial charge is 0.495 e. The first-order valence-corrected chi connectivity index (χ1v) is 6.76. The van der Waals surface area contributed by atoms with Gasteiger partial charge in [0, 0.05) is 19.0 Å². The summed E-state index contributed by atoms with van der Waals surface area (Å²) in [5, 5.41) is 13.3.